The van der Waals surface area contributed by atoms with Crippen LogP contribution in [0.5, 0.6) is 0 Å². The van der Waals surface area contributed by atoms with Crippen LogP contribution in [0.2, 0.25) is 0 Å². The molecule has 2 heterocycles. The minimum absolute atomic E-state index is 0.198. The lowest BCUT2D eigenvalue weighted by atomic mass is 9.97. The van der Waals surface area contributed by atoms with E-state index < -0.39 is 86.8 Å². The zero-order valence-electron chi connectivity index (χ0n) is 68.4. The molecule has 12 unspecified atom stereocenters. The van der Waals surface area contributed by atoms with Crippen LogP contribution < -0.4 is 5.32 Å². The van der Waals surface area contributed by atoms with Crippen molar-refractivity contribution < 1.29 is 64.6 Å². The van der Waals surface area contributed by atoms with Gasteiger partial charge in [0.1, 0.15) is 48.8 Å². The van der Waals surface area contributed by atoms with E-state index in [1.54, 1.807) is 0 Å². The number of hydrogen-bond donors (Lipinski definition) is 9. The van der Waals surface area contributed by atoms with Crippen LogP contribution in [-0.4, -0.2) is 140 Å². The van der Waals surface area contributed by atoms with E-state index in [0.29, 0.717) is 12.8 Å². The molecule has 2 rings (SSSR count). The number of nitrogens with one attached hydrogen (secondary N) is 1. The number of allylic oxidation sites excluding steroid dienone is 12. The van der Waals surface area contributed by atoms with Gasteiger partial charge in [0, 0.05) is 6.42 Å². The lowest BCUT2D eigenvalue weighted by molar-refractivity contribution is -0.359. The third kappa shape index (κ3) is 56.6. The molecule has 0 aromatic rings. The summed E-state index contributed by atoms with van der Waals surface area (Å²) in [6.07, 6.45) is 88.3. The number of aliphatic hydroxyl groups is 8. The molecule has 14 heteroatoms. The number of hydrogen-bond acceptors (Lipinski definition) is 13. The van der Waals surface area contributed by atoms with Crippen molar-refractivity contribution in [3.63, 3.8) is 0 Å². The van der Waals surface area contributed by atoms with Crippen LogP contribution in [0.3, 0.4) is 0 Å². The monoisotopic (exact) mass is 1500 g/mol. The number of unbranched alkanes of at least 4 members (excludes halogenated alkanes) is 52. The van der Waals surface area contributed by atoms with E-state index in [1.165, 1.54) is 295 Å². The van der Waals surface area contributed by atoms with E-state index in [4.69, 9.17) is 18.9 Å². The van der Waals surface area contributed by atoms with Crippen LogP contribution in [0.1, 0.15) is 412 Å². The first-order chi connectivity index (χ1) is 52.1. The fourth-order valence-electron chi connectivity index (χ4n) is 14.9. The Bertz CT molecular complexity index is 2060. The quantitative estimate of drug-likeness (QED) is 0.0204. The molecule has 0 aliphatic carbocycles. The summed E-state index contributed by atoms with van der Waals surface area (Å²) < 4.78 is 23.0. The lowest BCUT2D eigenvalue weighted by Gasteiger charge is -2.46. The fraction of sp³-hybridized carbons (Fsp3) is 0.859. The van der Waals surface area contributed by atoms with Crippen molar-refractivity contribution in [1.29, 1.82) is 0 Å². The van der Waals surface area contributed by atoms with Crippen molar-refractivity contribution in [2.45, 2.75) is 485 Å². The van der Waals surface area contributed by atoms with Gasteiger partial charge in [-0.1, -0.05) is 414 Å². The molecule has 2 saturated heterocycles. The van der Waals surface area contributed by atoms with Crippen LogP contribution in [0.25, 0.3) is 0 Å². The van der Waals surface area contributed by atoms with E-state index in [0.717, 1.165) is 89.9 Å². The number of carbonyl (C=O) groups excluding carboxylic acids is 1. The van der Waals surface area contributed by atoms with Crippen molar-refractivity contribution in [3.8, 4) is 0 Å². The Kier molecular flexibility index (Phi) is 70.5. The zero-order valence-corrected chi connectivity index (χ0v) is 68.4. The Morgan fingerprint density at radius 1 is 0.349 bits per heavy atom. The minimum atomic E-state index is -1.78. The SMILES string of the molecule is CC/C=C\C/C=C\C/C=C\C/C=C\C/C=C\C/C=C\CCCCCCCCCCCCCCCCCCCCCCCCC(=O)NC(COC1OC(CO)C(OC2OC(CO)C(O)C(O)C2O)C(O)C1O)C(O)CCCCCCCCCCCCCCCCCCCCCCCCCCCCCCCCC. The van der Waals surface area contributed by atoms with Gasteiger partial charge in [0.25, 0.3) is 0 Å². The number of aliphatic hydroxyl groups excluding tert-OH is 8. The number of rotatable bonds is 77. The van der Waals surface area contributed by atoms with Crippen molar-refractivity contribution in [2.75, 3.05) is 19.8 Å². The van der Waals surface area contributed by atoms with Gasteiger partial charge in [-0.3, -0.25) is 4.79 Å². The summed E-state index contributed by atoms with van der Waals surface area (Å²) in [6, 6.07) is -0.832. The minimum Gasteiger partial charge on any atom is -0.394 e. The largest absolute Gasteiger partial charge is 0.394 e. The molecule has 9 N–H and O–H groups in total. The molecule has 106 heavy (non-hydrogen) atoms. The van der Waals surface area contributed by atoms with Crippen molar-refractivity contribution >= 4 is 5.91 Å². The molecule has 0 saturated carbocycles. The van der Waals surface area contributed by atoms with Gasteiger partial charge in [0.05, 0.1) is 32.0 Å². The van der Waals surface area contributed by atoms with E-state index in [-0.39, 0.29) is 12.5 Å². The van der Waals surface area contributed by atoms with Gasteiger partial charge in [-0.25, -0.2) is 0 Å². The molecule has 12 atom stereocenters. The topological polar surface area (TPSA) is 228 Å². The fourth-order valence-corrected chi connectivity index (χ4v) is 14.9. The average molecular weight is 1500 g/mol. The van der Waals surface area contributed by atoms with E-state index in [1.807, 2.05) is 0 Å². The summed E-state index contributed by atoms with van der Waals surface area (Å²) in [5, 5.41) is 88.1. The molecule has 620 valence electrons. The standard InChI is InChI=1S/C92H169NO13/c1-3-5-7-9-11-13-15-17-19-21-23-25-27-29-31-33-35-36-37-38-39-40-41-42-43-44-46-48-50-52-54-56-58-60-62-64-66-68-70-72-74-76-84(97)93-80(79-103-91-89(102)87(100)90(83(78-95)105-91)106-92-88(101)86(99)85(98)82(77-94)104-92)81(96)75-73-71-69-67-65-63-61-59-57-55-53-51-49-47-45-34-32-30-28-26-24-22-20-18-16-14-12-10-8-6-4-2/h5,7,11,13,17,19,23,25,29,31,35-36,80-83,85-92,94-96,98-102H,3-4,6,8-10,12,14-16,18,20-22,24,26-28,30,32-34,37-79H2,1-2H3,(H,93,97)/b7-5-,13-11-,19-17-,25-23-,31-29-,36-35-. The van der Waals surface area contributed by atoms with Gasteiger partial charge in [0.15, 0.2) is 12.6 Å². The first kappa shape index (κ1) is 99.5. The van der Waals surface area contributed by atoms with Gasteiger partial charge in [-0.15, -0.1) is 0 Å². The smallest absolute Gasteiger partial charge is 0.220 e. The third-order valence-corrected chi connectivity index (χ3v) is 21.9. The molecule has 14 nitrogen and oxygen atoms in total. The molecular weight excluding hydrogens is 1330 g/mol. The highest BCUT2D eigenvalue weighted by Crippen LogP contribution is 2.31. The molecule has 0 aromatic heterocycles. The second-order valence-corrected chi connectivity index (χ2v) is 31.7. The zero-order chi connectivity index (χ0) is 76.5. The Balaban J connectivity index is 1.54. The van der Waals surface area contributed by atoms with Crippen LogP contribution in [-0.2, 0) is 23.7 Å². The van der Waals surface area contributed by atoms with Crippen molar-refractivity contribution in [1.82, 2.24) is 5.32 Å². The molecule has 1 amide bonds. The van der Waals surface area contributed by atoms with Gasteiger partial charge in [0.2, 0.25) is 5.91 Å². The van der Waals surface area contributed by atoms with Gasteiger partial charge >= 0.3 is 0 Å². The van der Waals surface area contributed by atoms with Crippen LogP contribution >= 0.6 is 0 Å². The first-order valence-electron chi connectivity index (χ1n) is 45.2. The Morgan fingerprint density at radius 2 is 0.651 bits per heavy atom. The van der Waals surface area contributed by atoms with Crippen molar-refractivity contribution in [2.24, 2.45) is 0 Å². The maximum Gasteiger partial charge on any atom is 0.220 e. The maximum absolute atomic E-state index is 13.4. The highest BCUT2D eigenvalue weighted by Gasteiger charge is 2.51. The maximum atomic E-state index is 13.4. The number of amides is 1. The molecule has 2 fully saturated rings. The third-order valence-electron chi connectivity index (χ3n) is 21.9. The van der Waals surface area contributed by atoms with Gasteiger partial charge < -0.3 is 65.1 Å². The number of carbonyl (C=O) groups is 1. The molecule has 0 spiro atoms. The molecule has 0 aromatic carbocycles. The summed E-state index contributed by atoms with van der Waals surface area (Å²) in [4.78, 5) is 13.4. The lowest BCUT2D eigenvalue weighted by Crippen LogP contribution is -2.65. The van der Waals surface area contributed by atoms with Crippen LogP contribution in [0, 0.1) is 0 Å². The average Bonchev–Trinajstić information content (AvgIpc) is 0.790. The Morgan fingerprint density at radius 3 is 1.00 bits per heavy atom. The van der Waals surface area contributed by atoms with E-state index >= 15 is 0 Å². The molecule has 2 aliphatic rings. The van der Waals surface area contributed by atoms with E-state index in [2.05, 4.69) is 92.1 Å². The Labute approximate surface area is 650 Å². The highest BCUT2D eigenvalue weighted by molar-refractivity contribution is 5.76. The molecule has 0 radical (unpaired) electrons. The Hall–Kier alpha value is -2.57. The number of ether oxygens (including phenoxy) is 4. The summed E-state index contributed by atoms with van der Waals surface area (Å²) in [7, 11) is 0. The first-order valence-corrected chi connectivity index (χ1v) is 45.2. The normalized spacial score (nSPS) is 21.6. The summed E-state index contributed by atoms with van der Waals surface area (Å²) in [5.41, 5.74) is 0. The van der Waals surface area contributed by atoms with Crippen LogP contribution in [0.15, 0.2) is 72.9 Å². The predicted molar refractivity (Wildman–Crippen MR) is 443 cm³/mol. The van der Waals surface area contributed by atoms with Gasteiger partial charge in [-0.05, 0) is 64.2 Å². The molecular formula is C92H169NO13. The van der Waals surface area contributed by atoms with Crippen LogP contribution in [0.4, 0.5) is 0 Å². The van der Waals surface area contributed by atoms with Crippen molar-refractivity contribution in [3.05, 3.63) is 72.9 Å². The summed E-state index contributed by atoms with van der Waals surface area (Å²) >= 11 is 0. The van der Waals surface area contributed by atoms with Gasteiger partial charge in [-0.2, -0.15) is 0 Å². The summed E-state index contributed by atoms with van der Waals surface area (Å²) in [6.45, 7) is 2.82. The second kappa shape index (κ2) is 75.1. The van der Waals surface area contributed by atoms with E-state index in [9.17, 15) is 45.6 Å². The summed E-state index contributed by atoms with van der Waals surface area (Å²) in [5.74, 6) is -0.198. The highest BCUT2D eigenvalue weighted by atomic mass is 16.7. The molecule has 0 bridgehead atoms. The predicted octanol–water partition coefficient (Wildman–Crippen LogP) is 22.0. The molecule has 2 aliphatic heterocycles. The second-order valence-electron chi connectivity index (χ2n) is 31.7.